The zero-order chi connectivity index (χ0) is 13.8. The van der Waals surface area contributed by atoms with Gasteiger partial charge in [-0.05, 0) is 13.0 Å². The first-order chi connectivity index (χ1) is 8.35. The third-order valence-corrected chi connectivity index (χ3v) is 2.66. The average Bonchev–Trinajstić information content (AvgIpc) is 2.27. The fourth-order valence-corrected chi connectivity index (χ4v) is 1.51. The van der Waals surface area contributed by atoms with Gasteiger partial charge in [0.1, 0.15) is 11.3 Å². The van der Waals surface area contributed by atoms with Crippen LogP contribution in [0, 0.1) is 0 Å². The van der Waals surface area contributed by atoms with Gasteiger partial charge in [0.15, 0.2) is 0 Å². The van der Waals surface area contributed by atoms with Crippen molar-refractivity contribution in [2.45, 2.75) is 25.4 Å². The summed E-state index contributed by atoms with van der Waals surface area (Å²) in [6, 6.07) is 6.56. The summed E-state index contributed by atoms with van der Waals surface area (Å²) in [6.07, 6.45) is -0.323. The number of carbonyl (C=O) groups is 2. The van der Waals surface area contributed by atoms with Crippen LogP contribution in [-0.2, 0) is 16.1 Å². The topological polar surface area (TPSA) is 113 Å². The maximum Gasteiger partial charge on any atom is 0.324 e. The van der Waals surface area contributed by atoms with Gasteiger partial charge in [0.2, 0.25) is 5.91 Å². The van der Waals surface area contributed by atoms with E-state index < -0.39 is 17.4 Å². The predicted octanol–water partition coefficient (Wildman–Crippen LogP) is 0.200. The highest BCUT2D eigenvalue weighted by Crippen LogP contribution is 2.17. The molecule has 1 aromatic carbocycles. The van der Waals surface area contributed by atoms with Crippen LogP contribution in [0.5, 0.6) is 5.75 Å². The minimum absolute atomic E-state index is 0.0665. The molecule has 1 aromatic rings. The number of amides is 1. The molecule has 6 nitrogen and oxygen atoms in total. The number of phenols is 1. The van der Waals surface area contributed by atoms with Crippen LogP contribution < -0.4 is 11.1 Å². The van der Waals surface area contributed by atoms with Crippen LogP contribution >= 0.6 is 0 Å². The fourth-order valence-electron chi connectivity index (χ4n) is 1.51. The summed E-state index contributed by atoms with van der Waals surface area (Å²) < 4.78 is 0. The van der Waals surface area contributed by atoms with Crippen LogP contribution in [0.1, 0.15) is 18.9 Å². The number of carboxylic acids is 1. The number of nitrogens with two attached hydrogens (primary N) is 1. The Hall–Kier alpha value is -2.08. The molecule has 0 aromatic heterocycles. The van der Waals surface area contributed by atoms with Gasteiger partial charge in [-0.2, -0.15) is 0 Å². The number of aliphatic carboxylic acids is 1. The van der Waals surface area contributed by atoms with Crippen molar-refractivity contribution in [3.63, 3.8) is 0 Å². The molecule has 1 unspecified atom stereocenters. The van der Waals surface area contributed by atoms with Gasteiger partial charge in [-0.1, -0.05) is 18.2 Å². The average molecular weight is 252 g/mol. The van der Waals surface area contributed by atoms with Gasteiger partial charge in [-0.25, -0.2) is 0 Å². The molecule has 5 N–H and O–H groups in total. The first kappa shape index (κ1) is 14.0. The molecule has 0 aliphatic rings. The largest absolute Gasteiger partial charge is 0.508 e. The van der Waals surface area contributed by atoms with E-state index in [0.717, 1.165) is 0 Å². The smallest absolute Gasteiger partial charge is 0.324 e. The summed E-state index contributed by atoms with van der Waals surface area (Å²) in [6.45, 7) is 1.50. The Morgan fingerprint density at radius 3 is 2.50 bits per heavy atom. The Bertz CT molecular complexity index is 461. The molecule has 0 spiro atoms. The molecule has 0 heterocycles. The van der Waals surface area contributed by atoms with Crippen LogP contribution in [0.3, 0.4) is 0 Å². The number of benzene rings is 1. The lowest BCUT2D eigenvalue weighted by Gasteiger charge is -2.25. The van der Waals surface area contributed by atoms with E-state index in [1.165, 1.54) is 13.0 Å². The summed E-state index contributed by atoms with van der Waals surface area (Å²) in [5.74, 6) is -1.81. The van der Waals surface area contributed by atoms with Gasteiger partial charge in [-0.3, -0.25) is 14.9 Å². The van der Waals surface area contributed by atoms with Crippen molar-refractivity contribution >= 4 is 11.9 Å². The van der Waals surface area contributed by atoms with Crippen LogP contribution in [0.4, 0.5) is 0 Å². The number of primary amides is 1. The minimum Gasteiger partial charge on any atom is -0.508 e. The quantitative estimate of drug-likeness (QED) is 0.577. The minimum atomic E-state index is -1.45. The third-order valence-electron chi connectivity index (χ3n) is 2.66. The van der Waals surface area contributed by atoms with E-state index in [-0.39, 0.29) is 18.7 Å². The lowest BCUT2D eigenvalue weighted by Crippen LogP contribution is -2.51. The molecular formula is C12H16N2O4. The first-order valence-electron chi connectivity index (χ1n) is 5.39. The van der Waals surface area contributed by atoms with Crippen molar-refractivity contribution in [1.29, 1.82) is 0 Å². The number of hydrogen-bond acceptors (Lipinski definition) is 4. The molecule has 0 aliphatic heterocycles. The zero-order valence-electron chi connectivity index (χ0n) is 10.0. The monoisotopic (exact) mass is 252 g/mol. The number of carboxylic acid groups (broad SMARTS) is 1. The maximum absolute atomic E-state index is 11.1. The molecule has 1 atom stereocenters. The van der Waals surface area contributed by atoms with Crippen molar-refractivity contribution in [3.05, 3.63) is 29.8 Å². The highest BCUT2D eigenvalue weighted by molar-refractivity contribution is 5.86. The van der Waals surface area contributed by atoms with E-state index in [2.05, 4.69) is 5.32 Å². The highest BCUT2D eigenvalue weighted by Gasteiger charge is 2.34. The number of carbonyl (C=O) groups excluding carboxylic acids is 1. The highest BCUT2D eigenvalue weighted by atomic mass is 16.4. The second-order valence-corrected chi connectivity index (χ2v) is 4.26. The van der Waals surface area contributed by atoms with Crippen molar-refractivity contribution in [3.8, 4) is 5.75 Å². The molecule has 18 heavy (non-hydrogen) atoms. The normalized spacial score (nSPS) is 13.8. The predicted molar refractivity (Wildman–Crippen MR) is 64.8 cm³/mol. The van der Waals surface area contributed by atoms with E-state index in [1.54, 1.807) is 18.2 Å². The van der Waals surface area contributed by atoms with Crippen molar-refractivity contribution in [2.24, 2.45) is 5.73 Å². The van der Waals surface area contributed by atoms with Gasteiger partial charge in [0.05, 0.1) is 6.42 Å². The number of para-hydroxylation sites is 1. The van der Waals surface area contributed by atoms with Crippen LogP contribution in [0.2, 0.25) is 0 Å². The molecule has 1 amide bonds. The summed E-state index contributed by atoms with van der Waals surface area (Å²) in [7, 11) is 0. The third kappa shape index (κ3) is 3.46. The lowest BCUT2D eigenvalue weighted by molar-refractivity contribution is -0.146. The summed E-state index contributed by atoms with van der Waals surface area (Å²) in [5, 5.41) is 21.4. The first-order valence-corrected chi connectivity index (χ1v) is 5.39. The standard InChI is InChI=1S/C12H16N2O4/c1-12(11(17)18,6-10(13)16)14-7-8-4-2-3-5-9(8)15/h2-5,14-15H,6-7H2,1H3,(H2,13,16)(H,17,18). The number of aromatic hydroxyl groups is 1. The Morgan fingerprint density at radius 2 is 2.00 bits per heavy atom. The number of hydrogen-bond donors (Lipinski definition) is 4. The van der Waals surface area contributed by atoms with Crippen LogP contribution in [-0.4, -0.2) is 27.6 Å². The molecule has 6 heteroatoms. The molecule has 0 saturated heterocycles. The lowest BCUT2D eigenvalue weighted by atomic mass is 9.97. The van der Waals surface area contributed by atoms with E-state index in [4.69, 9.17) is 10.8 Å². The Labute approximate surface area is 104 Å². The molecule has 0 fully saturated rings. The summed E-state index contributed by atoms with van der Waals surface area (Å²) in [5.41, 5.74) is 4.12. The Kier molecular flexibility index (Phi) is 4.28. The van der Waals surface area contributed by atoms with Gasteiger partial charge in [-0.15, -0.1) is 0 Å². The van der Waals surface area contributed by atoms with Gasteiger partial charge >= 0.3 is 5.97 Å². The molecule has 0 saturated carbocycles. The molecule has 0 bridgehead atoms. The Morgan fingerprint density at radius 1 is 1.39 bits per heavy atom. The van der Waals surface area contributed by atoms with Crippen molar-refractivity contribution in [1.82, 2.24) is 5.32 Å². The molecule has 0 aliphatic carbocycles. The fraction of sp³-hybridized carbons (Fsp3) is 0.333. The van der Waals surface area contributed by atoms with E-state index in [1.807, 2.05) is 0 Å². The van der Waals surface area contributed by atoms with Gasteiger partial charge in [0.25, 0.3) is 0 Å². The van der Waals surface area contributed by atoms with E-state index >= 15 is 0 Å². The van der Waals surface area contributed by atoms with Crippen molar-refractivity contribution < 1.29 is 19.8 Å². The van der Waals surface area contributed by atoms with E-state index in [0.29, 0.717) is 5.56 Å². The summed E-state index contributed by atoms with van der Waals surface area (Å²) >= 11 is 0. The van der Waals surface area contributed by atoms with E-state index in [9.17, 15) is 14.7 Å². The second kappa shape index (κ2) is 5.50. The number of phenolic OH excluding ortho intramolecular Hbond substituents is 1. The molecule has 98 valence electrons. The Balaban J connectivity index is 2.78. The summed E-state index contributed by atoms with van der Waals surface area (Å²) in [4.78, 5) is 22.0. The van der Waals surface area contributed by atoms with Crippen molar-refractivity contribution in [2.75, 3.05) is 0 Å². The number of rotatable bonds is 6. The molecule has 0 radical (unpaired) electrons. The number of nitrogens with one attached hydrogen (secondary N) is 1. The maximum atomic E-state index is 11.1. The SMILES string of the molecule is CC(CC(N)=O)(NCc1ccccc1O)C(=O)O. The zero-order valence-corrected chi connectivity index (χ0v) is 10.0. The second-order valence-electron chi connectivity index (χ2n) is 4.26. The van der Waals surface area contributed by atoms with Gasteiger partial charge < -0.3 is 15.9 Å². The molecular weight excluding hydrogens is 236 g/mol. The van der Waals surface area contributed by atoms with Crippen LogP contribution in [0.15, 0.2) is 24.3 Å². The van der Waals surface area contributed by atoms with Crippen LogP contribution in [0.25, 0.3) is 0 Å². The van der Waals surface area contributed by atoms with Gasteiger partial charge in [0, 0.05) is 12.1 Å². The molecule has 1 rings (SSSR count).